The lowest BCUT2D eigenvalue weighted by Crippen LogP contribution is -2.48. The van der Waals surface area contributed by atoms with E-state index in [1.807, 2.05) is 0 Å². The quantitative estimate of drug-likeness (QED) is 0.901. The van der Waals surface area contributed by atoms with Crippen LogP contribution in [-0.2, 0) is 6.37 Å². The third-order valence-corrected chi connectivity index (χ3v) is 3.22. The maximum Gasteiger partial charge on any atom is 0.161 e. The highest BCUT2D eigenvalue weighted by Gasteiger charge is 2.39. The summed E-state index contributed by atoms with van der Waals surface area (Å²) in [6, 6.07) is -5.55. The van der Waals surface area contributed by atoms with Gasteiger partial charge in [-0.2, -0.15) is 0 Å². The first-order valence-corrected chi connectivity index (χ1v) is 6.78. The van der Waals surface area contributed by atoms with Crippen LogP contribution in [-0.4, -0.2) is 43.2 Å². The molecular formula is C20H31NO3. The Morgan fingerprint density at radius 2 is 2.29 bits per heavy atom. The first-order valence-electron chi connectivity index (χ1n) is 18.3. The number of ether oxygens (including phenoxy) is 2. The first-order chi connectivity index (χ1) is 20.4. The highest BCUT2D eigenvalue weighted by Crippen LogP contribution is 2.44. The molecule has 134 valence electrons. The third-order valence-electron chi connectivity index (χ3n) is 3.22. The van der Waals surface area contributed by atoms with Crippen molar-refractivity contribution < 1.29 is 46.1 Å². The number of benzene rings is 1. The Balaban J connectivity index is 2.68. The molecule has 3 unspecified atom stereocenters. The van der Waals surface area contributed by atoms with E-state index in [1.54, 1.807) is 0 Å². The minimum atomic E-state index is -4.69. The Hall–Kier alpha value is -1.26. The van der Waals surface area contributed by atoms with Crippen LogP contribution in [0.2, 0.25) is 0 Å². The van der Waals surface area contributed by atoms with Crippen LogP contribution >= 0.6 is 0 Å². The van der Waals surface area contributed by atoms with E-state index in [9.17, 15) is 5.11 Å². The molecule has 4 nitrogen and oxygen atoms in total. The van der Waals surface area contributed by atoms with Crippen LogP contribution in [0.5, 0.6) is 11.5 Å². The predicted octanol–water partition coefficient (Wildman–Crippen LogP) is 3.42. The van der Waals surface area contributed by atoms with E-state index in [-0.39, 0.29) is 6.92 Å². The molecule has 1 saturated heterocycles. The fourth-order valence-corrected chi connectivity index (χ4v) is 2.25. The molecule has 1 N–H and O–H groups in total. The van der Waals surface area contributed by atoms with E-state index in [1.165, 1.54) is 0 Å². The molecule has 3 rings (SSSR count). The summed E-state index contributed by atoms with van der Waals surface area (Å²) in [7, 11) is -2.57. The van der Waals surface area contributed by atoms with Gasteiger partial charge in [0.1, 0.15) is 0 Å². The predicted molar refractivity (Wildman–Crippen MR) is 95.7 cm³/mol. The van der Waals surface area contributed by atoms with E-state index in [0.29, 0.717) is 0 Å². The highest BCUT2D eigenvalue weighted by molar-refractivity contribution is 5.49. The molecule has 1 fully saturated rings. The summed E-state index contributed by atoms with van der Waals surface area (Å²) < 4.78 is 203. The molecule has 0 aliphatic carbocycles. The molecule has 0 bridgehead atoms. The van der Waals surface area contributed by atoms with Crippen LogP contribution in [0.3, 0.4) is 0 Å². The van der Waals surface area contributed by atoms with Crippen molar-refractivity contribution in [2.45, 2.75) is 51.9 Å². The standard InChI is InChI=1S/C20H31NO3/c1-20(2,3)11-14-12-21-7-6-13-8-18(23-4)19(24-5)9-15(13)16(21)10-17(14)22/h8-9,14,16-17,22H,6-7,10-12H2,1-5H3/i1D3,2D3,5D3,6D2,7D2,8D,9D,10D2,11D2,12D2,14D,17D. The second kappa shape index (κ2) is 6.57. The molecule has 4 heteroatoms. The number of rotatable bonds is 3. The van der Waals surface area contributed by atoms with Crippen LogP contribution in [0.4, 0.5) is 0 Å². The molecular weight excluding hydrogens is 302 g/mol. The van der Waals surface area contributed by atoms with Crippen LogP contribution in [0, 0.1) is 11.3 Å². The number of piperidine rings is 1. The second-order valence-electron chi connectivity index (χ2n) is 5.24. The van der Waals surface area contributed by atoms with Crippen molar-refractivity contribution in [1.82, 2.24) is 4.90 Å². The number of hydrogen-bond acceptors (Lipinski definition) is 4. The Bertz CT molecular complexity index is 1430. The second-order valence-corrected chi connectivity index (χ2v) is 5.24. The fourth-order valence-electron chi connectivity index (χ4n) is 2.25. The summed E-state index contributed by atoms with van der Waals surface area (Å²) in [5.41, 5.74) is -6.40. The Morgan fingerprint density at radius 1 is 1.50 bits per heavy atom. The summed E-state index contributed by atoms with van der Waals surface area (Å²) >= 11 is 0. The van der Waals surface area contributed by atoms with Crippen molar-refractivity contribution >= 4 is 0 Å². The van der Waals surface area contributed by atoms with Crippen LogP contribution in [0.1, 0.15) is 82.1 Å². The maximum absolute atomic E-state index is 11.6. The number of nitrogens with zero attached hydrogens (tertiary/aromatic N) is 1. The zero-order valence-corrected chi connectivity index (χ0v) is 12.8. The van der Waals surface area contributed by atoms with Crippen molar-refractivity contribution in [2.75, 3.05) is 27.1 Å². The zero-order valence-electron chi connectivity index (χ0n) is 35.8. The molecule has 2 aliphatic rings. The van der Waals surface area contributed by atoms with E-state index < -0.39 is 116 Å². The smallest absolute Gasteiger partial charge is 0.161 e. The molecule has 1 aromatic rings. The van der Waals surface area contributed by atoms with Gasteiger partial charge < -0.3 is 14.6 Å². The van der Waals surface area contributed by atoms with Gasteiger partial charge in [-0.3, -0.25) is 4.90 Å². The van der Waals surface area contributed by atoms with Crippen molar-refractivity contribution in [2.24, 2.45) is 11.3 Å². The lowest BCUT2D eigenvalue weighted by molar-refractivity contribution is -0.0259. The normalized spacial score (nSPS) is 58.1. The van der Waals surface area contributed by atoms with Crippen LogP contribution in [0.15, 0.2) is 12.1 Å². The number of methoxy groups -OCH3 is 2. The average molecular weight is 357 g/mol. The summed E-state index contributed by atoms with van der Waals surface area (Å²) in [4.78, 5) is -0.487. The van der Waals surface area contributed by atoms with Gasteiger partial charge in [-0.1, -0.05) is 20.6 Å². The van der Waals surface area contributed by atoms with E-state index in [4.69, 9.17) is 41.0 Å². The van der Waals surface area contributed by atoms with Gasteiger partial charge in [0.05, 0.1) is 28.5 Å². The molecule has 0 aromatic heterocycles. The Morgan fingerprint density at radius 3 is 3.00 bits per heavy atom. The fraction of sp³-hybridized carbons (Fsp3) is 0.700. The number of fused-ring (bicyclic) bond motifs is 3. The summed E-state index contributed by atoms with van der Waals surface area (Å²) in [6.07, 6.45) is -17.1. The molecule has 3 atom stereocenters. The minimum absolute atomic E-state index is 0.232. The number of hydrogen-bond donors (Lipinski definition) is 1. The van der Waals surface area contributed by atoms with Crippen molar-refractivity contribution in [3.63, 3.8) is 0 Å². The van der Waals surface area contributed by atoms with Gasteiger partial charge >= 0.3 is 0 Å². The van der Waals surface area contributed by atoms with E-state index >= 15 is 0 Å². The molecule has 1 aromatic carbocycles. The van der Waals surface area contributed by atoms with Gasteiger partial charge in [-0.05, 0) is 53.6 Å². The summed E-state index contributed by atoms with van der Waals surface area (Å²) in [5, 5.41) is 11.6. The summed E-state index contributed by atoms with van der Waals surface area (Å²) in [6.45, 7) is -16.3. The van der Waals surface area contributed by atoms with Gasteiger partial charge in [-0.15, -0.1) is 0 Å². The van der Waals surface area contributed by atoms with Crippen molar-refractivity contribution in [3.8, 4) is 11.5 Å². The monoisotopic (exact) mass is 356 g/mol. The van der Waals surface area contributed by atoms with Crippen LogP contribution in [0.25, 0.3) is 0 Å². The lowest BCUT2D eigenvalue weighted by atomic mass is 9.75. The third kappa shape index (κ3) is 3.40. The highest BCUT2D eigenvalue weighted by atomic mass is 16.5. The van der Waals surface area contributed by atoms with Crippen molar-refractivity contribution in [3.05, 3.63) is 23.2 Å². The zero-order chi connectivity index (χ0) is 37.5. The maximum atomic E-state index is 11.6. The summed E-state index contributed by atoms with van der Waals surface area (Å²) in [5.74, 6) is -6.81. The number of aliphatic hydroxyl groups is 1. The van der Waals surface area contributed by atoms with Gasteiger partial charge in [-0.25, -0.2) is 0 Å². The minimum Gasteiger partial charge on any atom is -0.493 e. The van der Waals surface area contributed by atoms with Crippen molar-refractivity contribution in [1.29, 1.82) is 0 Å². The molecule has 0 saturated carbocycles. The molecule has 2 heterocycles. The topological polar surface area (TPSA) is 41.9 Å². The largest absolute Gasteiger partial charge is 0.493 e. The lowest BCUT2D eigenvalue weighted by Gasteiger charge is -2.47. The van der Waals surface area contributed by atoms with Gasteiger partial charge in [0.25, 0.3) is 0 Å². The molecule has 24 heavy (non-hydrogen) atoms. The van der Waals surface area contributed by atoms with Gasteiger partial charge in [0.2, 0.25) is 0 Å². The molecule has 0 amide bonds. The van der Waals surface area contributed by atoms with E-state index in [2.05, 4.69) is 0 Å². The average Bonchev–Trinajstić information content (AvgIpc) is 2.83. The van der Waals surface area contributed by atoms with Gasteiger partial charge in [0.15, 0.2) is 11.5 Å². The molecule has 0 radical (unpaired) electrons. The van der Waals surface area contributed by atoms with Gasteiger partial charge in [0, 0.05) is 42.3 Å². The molecule has 0 spiro atoms. The molecule has 2 aliphatic heterocycles. The van der Waals surface area contributed by atoms with Crippen LogP contribution < -0.4 is 9.47 Å². The SMILES string of the molecule is [2H]c1c(OC([2H])([2H])[2H])c(OC)c([2H])c2c1C1N(C([2H])([2H])C2([2H])[2H])C([2H])([2H])C([2H])(C([2H])([2H])C(C)(C([2H])([2H])[2H])C([2H])([2H])[2H])C([2H])(O)C1([2H])[2H]. The Labute approximate surface area is 178 Å². The first kappa shape index (κ1) is 4.72. The Kier molecular flexibility index (Phi) is 1.29. The van der Waals surface area contributed by atoms with E-state index in [0.717, 1.165) is 7.11 Å².